The number of benzene rings is 3. The number of anilines is 1. The Labute approximate surface area is 143 Å². The smallest absolute Gasteiger partial charge is 0.337 e. The van der Waals surface area contributed by atoms with E-state index in [1.807, 2.05) is 0 Å². The molecular formula is C20H15F2NO2. The highest BCUT2D eigenvalue weighted by atomic mass is 19.1. The minimum atomic E-state index is -1.13. The number of hydrogen-bond donors (Lipinski definition) is 2. The molecule has 126 valence electrons. The van der Waals surface area contributed by atoms with Crippen molar-refractivity contribution in [3.63, 3.8) is 0 Å². The van der Waals surface area contributed by atoms with Crippen LogP contribution in [0.4, 0.5) is 14.5 Å². The Morgan fingerprint density at radius 3 is 1.68 bits per heavy atom. The highest BCUT2D eigenvalue weighted by Gasteiger charge is 2.19. The van der Waals surface area contributed by atoms with Gasteiger partial charge in [-0.05, 0) is 53.1 Å². The zero-order chi connectivity index (χ0) is 18.0. The standard InChI is InChI=1S/C20H15F2NO2/c21-15-6-1-12(2-7-15)19(13-3-8-16(22)9-4-13)14-5-10-18(23)17(11-14)20(24)25/h1-11,19H,23H2,(H,24,25). The molecule has 0 aliphatic carbocycles. The summed E-state index contributed by atoms with van der Waals surface area (Å²) in [5.41, 5.74) is 8.07. The Bertz CT molecular complexity index is 860. The second-order valence-corrected chi connectivity index (χ2v) is 5.69. The Kier molecular flexibility index (Phi) is 4.48. The maximum absolute atomic E-state index is 13.3. The summed E-state index contributed by atoms with van der Waals surface area (Å²) >= 11 is 0. The normalized spacial score (nSPS) is 10.8. The summed E-state index contributed by atoms with van der Waals surface area (Å²) in [7, 11) is 0. The summed E-state index contributed by atoms with van der Waals surface area (Å²) < 4.78 is 26.6. The summed E-state index contributed by atoms with van der Waals surface area (Å²) in [5, 5.41) is 9.31. The van der Waals surface area contributed by atoms with E-state index in [0.717, 1.165) is 11.1 Å². The SMILES string of the molecule is Nc1ccc(C(c2ccc(F)cc2)c2ccc(F)cc2)cc1C(=O)O. The van der Waals surface area contributed by atoms with Gasteiger partial charge in [0.05, 0.1) is 5.56 Å². The molecule has 3 nitrogen and oxygen atoms in total. The van der Waals surface area contributed by atoms with Crippen molar-refractivity contribution in [2.45, 2.75) is 5.92 Å². The van der Waals surface area contributed by atoms with Crippen molar-refractivity contribution in [2.24, 2.45) is 0 Å². The van der Waals surface area contributed by atoms with Gasteiger partial charge in [-0.15, -0.1) is 0 Å². The van der Waals surface area contributed by atoms with E-state index < -0.39 is 5.97 Å². The van der Waals surface area contributed by atoms with Crippen LogP contribution in [-0.2, 0) is 0 Å². The topological polar surface area (TPSA) is 63.3 Å². The van der Waals surface area contributed by atoms with E-state index in [-0.39, 0.29) is 28.8 Å². The molecule has 0 atom stereocenters. The van der Waals surface area contributed by atoms with E-state index in [1.54, 1.807) is 30.3 Å². The van der Waals surface area contributed by atoms with Crippen LogP contribution < -0.4 is 5.73 Å². The van der Waals surface area contributed by atoms with E-state index in [0.29, 0.717) is 5.56 Å². The number of carbonyl (C=O) groups is 1. The van der Waals surface area contributed by atoms with Crippen molar-refractivity contribution >= 4 is 11.7 Å². The maximum atomic E-state index is 13.3. The highest BCUT2D eigenvalue weighted by Crippen LogP contribution is 2.33. The maximum Gasteiger partial charge on any atom is 0.337 e. The van der Waals surface area contributed by atoms with Crippen molar-refractivity contribution in [3.8, 4) is 0 Å². The summed E-state index contributed by atoms with van der Waals surface area (Å²) in [6.07, 6.45) is 0. The number of carboxylic acids is 1. The Morgan fingerprint density at radius 2 is 1.24 bits per heavy atom. The predicted molar refractivity (Wildman–Crippen MR) is 91.6 cm³/mol. The third kappa shape index (κ3) is 3.50. The highest BCUT2D eigenvalue weighted by molar-refractivity contribution is 5.93. The first kappa shape index (κ1) is 16.6. The second-order valence-electron chi connectivity index (χ2n) is 5.69. The van der Waals surface area contributed by atoms with Crippen LogP contribution in [0.15, 0.2) is 66.7 Å². The third-order valence-corrected chi connectivity index (χ3v) is 4.05. The fourth-order valence-corrected chi connectivity index (χ4v) is 2.83. The lowest BCUT2D eigenvalue weighted by Crippen LogP contribution is -2.08. The van der Waals surface area contributed by atoms with Crippen LogP contribution in [0.5, 0.6) is 0 Å². The van der Waals surface area contributed by atoms with Crippen LogP contribution in [0.1, 0.15) is 33.0 Å². The molecule has 0 radical (unpaired) electrons. The van der Waals surface area contributed by atoms with Crippen LogP contribution in [0, 0.1) is 11.6 Å². The minimum Gasteiger partial charge on any atom is -0.478 e. The molecule has 25 heavy (non-hydrogen) atoms. The number of halogens is 2. The van der Waals surface area contributed by atoms with Crippen LogP contribution in [0.2, 0.25) is 0 Å². The van der Waals surface area contributed by atoms with Crippen LogP contribution >= 0.6 is 0 Å². The molecular weight excluding hydrogens is 324 g/mol. The van der Waals surface area contributed by atoms with Crippen molar-refractivity contribution < 1.29 is 18.7 Å². The summed E-state index contributed by atoms with van der Waals surface area (Å²) in [4.78, 5) is 11.4. The number of hydrogen-bond acceptors (Lipinski definition) is 2. The van der Waals surface area contributed by atoms with Gasteiger partial charge in [-0.3, -0.25) is 0 Å². The van der Waals surface area contributed by atoms with Crippen LogP contribution in [0.25, 0.3) is 0 Å². The molecule has 0 aromatic heterocycles. The Balaban J connectivity index is 2.17. The first-order valence-electron chi connectivity index (χ1n) is 7.59. The van der Waals surface area contributed by atoms with Gasteiger partial charge in [-0.1, -0.05) is 30.3 Å². The lowest BCUT2D eigenvalue weighted by atomic mass is 9.84. The number of nitrogens with two attached hydrogens (primary N) is 1. The zero-order valence-electron chi connectivity index (χ0n) is 13.1. The molecule has 3 aromatic carbocycles. The van der Waals surface area contributed by atoms with E-state index >= 15 is 0 Å². The van der Waals surface area contributed by atoms with Crippen molar-refractivity contribution in [1.29, 1.82) is 0 Å². The van der Waals surface area contributed by atoms with E-state index in [4.69, 9.17) is 5.73 Å². The quantitative estimate of drug-likeness (QED) is 0.546. The van der Waals surface area contributed by atoms with Crippen LogP contribution in [0.3, 0.4) is 0 Å². The fourth-order valence-electron chi connectivity index (χ4n) is 2.83. The van der Waals surface area contributed by atoms with Crippen LogP contribution in [-0.4, -0.2) is 11.1 Å². The average molecular weight is 339 g/mol. The molecule has 0 unspecified atom stereocenters. The molecule has 0 bridgehead atoms. The molecule has 0 saturated carbocycles. The second kappa shape index (κ2) is 6.73. The predicted octanol–water partition coefficient (Wildman–Crippen LogP) is 4.43. The van der Waals surface area contributed by atoms with Gasteiger partial charge in [0.15, 0.2) is 0 Å². The summed E-state index contributed by atoms with van der Waals surface area (Å²) in [5.74, 6) is -2.24. The average Bonchev–Trinajstić information content (AvgIpc) is 2.59. The molecule has 3 aromatic rings. The molecule has 0 aliphatic heterocycles. The molecule has 0 amide bonds. The van der Waals surface area contributed by atoms with Crippen molar-refractivity contribution in [1.82, 2.24) is 0 Å². The van der Waals surface area contributed by atoms with Gasteiger partial charge in [0, 0.05) is 11.6 Å². The molecule has 0 saturated heterocycles. The molecule has 5 heteroatoms. The monoisotopic (exact) mass is 339 g/mol. The van der Waals surface area contributed by atoms with E-state index in [1.165, 1.54) is 36.4 Å². The molecule has 3 N–H and O–H groups in total. The lowest BCUT2D eigenvalue weighted by molar-refractivity contribution is 0.0698. The lowest BCUT2D eigenvalue weighted by Gasteiger charge is -2.20. The van der Waals surface area contributed by atoms with Gasteiger partial charge >= 0.3 is 5.97 Å². The summed E-state index contributed by atoms with van der Waals surface area (Å²) in [6, 6.07) is 16.6. The third-order valence-electron chi connectivity index (χ3n) is 4.05. The largest absolute Gasteiger partial charge is 0.478 e. The van der Waals surface area contributed by atoms with Gasteiger partial charge in [-0.25, -0.2) is 13.6 Å². The number of rotatable bonds is 4. The number of aromatic carboxylic acids is 1. The van der Waals surface area contributed by atoms with Crippen molar-refractivity contribution in [3.05, 3.63) is 101 Å². The first-order chi connectivity index (χ1) is 12.0. The van der Waals surface area contributed by atoms with Gasteiger partial charge < -0.3 is 10.8 Å². The van der Waals surface area contributed by atoms with Crippen molar-refractivity contribution in [2.75, 3.05) is 5.73 Å². The number of nitrogen functional groups attached to an aromatic ring is 1. The van der Waals surface area contributed by atoms with E-state index in [9.17, 15) is 18.7 Å². The zero-order valence-corrected chi connectivity index (χ0v) is 13.1. The molecule has 3 rings (SSSR count). The summed E-state index contributed by atoms with van der Waals surface area (Å²) in [6.45, 7) is 0. The van der Waals surface area contributed by atoms with Gasteiger partial charge in [-0.2, -0.15) is 0 Å². The molecule has 0 aliphatic rings. The molecule has 0 fully saturated rings. The fraction of sp³-hybridized carbons (Fsp3) is 0.0500. The van der Waals surface area contributed by atoms with Gasteiger partial charge in [0.2, 0.25) is 0 Å². The molecule has 0 spiro atoms. The minimum absolute atomic E-state index is 0.00766. The van der Waals surface area contributed by atoms with Gasteiger partial charge in [0.25, 0.3) is 0 Å². The first-order valence-corrected chi connectivity index (χ1v) is 7.59. The van der Waals surface area contributed by atoms with Gasteiger partial charge in [0.1, 0.15) is 11.6 Å². The number of carboxylic acid groups (broad SMARTS) is 1. The Morgan fingerprint density at radius 1 is 0.800 bits per heavy atom. The van der Waals surface area contributed by atoms with E-state index in [2.05, 4.69) is 0 Å². The Hall–Kier alpha value is -3.21. The molecule has 0 heterocycles.